The van der Waals surface area contributed by atoms with Gasteiger partial charge < -0.3 is 24.4 Å². The Labute approximate surface area is 216 Å². The molecule has 1 N–H and O–H groups in total. The zero-order valence-corrected chi connectivity index (χ0v) is 22.8. The largest absolute Gasteiger partial charge is 0.465 e. The van der Waals surface area contributed by atoms with Crippen LogP contribution in [0, 0.1) is 5.92 Å². The topological polar surface area (TPSA) is 97.4 Å². The molecule has 3 rings (SSSR count). The molecule has 0 bridgehead atoms. The number of hydrogen-bond acceptors (Lipinski definition) is 7. The van der Waals surface area contributed by atoms with Crippen LogP contribution in [0.2, 0.25) is 0 Å². The van der Waals surface area contributed by atoms with E-state index >= 15 is 0 Å². The molecular weight excluding hydrogens is 462 g/mol. The number of hydrogen-bond donors (Lipinski definition) is 1. The highest BCUT2D eigenvalue weighted by Crippen LogP contribution is 2.29. The minimum Gasteiger partial charge on any atom is -0.465 e. The van der Waals surface area contributed by atoms with Crippen molar-refractivity contribution in [1.82, 2.24) is 15.1 Å². The van der Waals surface area contributed by atoms with Gasteiger partial charge in [-0.25, -0.2) is 4.79 Å². The molecule has 9 nitrogen and oxygen atoms in total. The summed E-state index contributed by atoms with van der Waals surface area (Å²) in [5.41, 5.74) is -0.602. The van der Waals surface area contributed by atoms with E-state index in [1.807, 2.05) is 32.6 Å². The molecule has 0 aromatic rings. The summed E-state index contributed by atoms with van der Waals surface area (Å²) in [6.07, 6.45) is 8.54. The van der Waals surface area contributed by atoms with Gasteiger partial charge in [0.05, 0.1) is 25.4 Å². The predicted octanol–water partition coefficient (Wildman–Crippen LogP) is 3.50. The van der Waals surface area contributed by atoms with Crippen LogP contribution in [0.5, 0.6) is 0 Å². The van der Waals surface area contributed by atoms with Crippen LogP contribution in [-0.2, 0) is 23.8 Å². The predicted molar refractivity (Wildman–Crippen MR) is 137 cm³/mol. The Morgan fingerprint density at radius 1 is 0.889 bits per heavy atom. The summed E-state index contributed by atoms with van der Waals surface area (Å²) < 4.78 is 16.9. The third kappa shape index (κ3) is 9.21. The first kappa shape index (κ1) is 28.7. The molecule has 1 aliphatic carbocycles. The number of rotatable bonds is 8. The molecule has 2 amide bonds. The lowest BCUT2D eigenvalue weighted by Gasteiger charge is -2.39. The van der Waals surface area contributed by atoms with Crippen LogP contribution in [0.25, 0.3) is 0 Å². The van der Waals surface area contributed by atoms with Gasteiger partial charge in [-0.15, -0.1) is 0 Å². The van der Waals surface area contributed by atoms with Crippen LogP contribution in [0.1, 0.15) is 85.5 Å². The molecule has 0 unspecified atom stereocenters. The number of ether oxygens (including phenoxy) is 3. The molecule has 3 fully saturated rings. The molecule has 2 heterocycles. The van der Waals surface area contributed by atoms with Gasteiger partial charge in [-0.05, 0) is 72.1 Å². The Morgan fingerprint density at radius 3 is 2.03 bits per heavy atom. The molecule has 36 heavy (non-hydrogen) atoms. The highest BCUT2D eigenvalue weighted by Gasteiger charge is 2.37. The van der Waals surface area contributed by atoms with Crippen LogP contribution in [0.15, 0.2) is 0 Å². The molecule has 0 radical (unpaired) electrons. The first-order valence-corrected chi connectivity index (χ1v) is 14.0. The van der Waals surface area contributed by atoms with Gasteiger partial charge in [0.15, 0.2) is 0 Å². The van der Waals surface area contributed by atoms with Crippen LogP contribution in [0.3, 0.4) is 0 Å². The van der Waals surface area contributed by atoms with Crippen molar-refractivity contribution in [2.45, 2.75) is 109 Å². The normalized spacial score (nSPS) is 22.2. The summed E-state index contributed by atoms with van der Waals surface area (Å²) in [6.45, 7) is 11.0. The average molecular weight is 510 g/mol. The Kier molecular flexibility index (Phi) is 10.8. The maximum Gasteiger partial charge on any atom is 0.408 e. The lowest BCUT2D eigenvalue weighted by Crippen LogP contribution is -2.55. The minimum absolute atomic E-state index is 0.0125. The highest BCUT2D eigenvalue weighted by atomic mass is 16.6. The van der Waals surface area contributed by atoms with E-state index in [1.165, 1.54) is 6.42 Å². The van der Waals surface area contributed by atoms with E-state index in [1.54, 1.807) is 0 Å². The van der Waals surface area contributed by atoms with Crippen LogP contribution in [0.4, 0.5) is 4.79 Å². The van der Waals surface area contributed by atoms with Crippen molar-refractivity contribution in [3.8, 4) is 0 Å². The second-order valence-corrected chi connectivity index (χ2v) is 11.5. The number of nitrogens with zero attached hydrogens (tertiary/aromatic N) is 2. The molecule has 2 aliphatic heterocycles. The van der Waals surface area contributed by atoms with E-state index in [4.69, 9.17) is 14.2 Å². The Morgan fingerprint density at radius 2 is 1.47 bits per heavy atom. The Bertz CT molecular complexity index is 718. The monoisotopic (exact) mass is 509 g/mol. The fourth-order valence-electron chi connectivity index (χ4n) is 5.56. The van der Waals surface area contributed by atoms with Crippen molar-refractivity contribution in [3.63, 3.8) is 0 Å². The summed E-state index contributed by atoms with van der Waals surface area (Å²) >= 11 is 0. The third-order valence-corrected chi connectivity index (χ3v) is 7.39. The van der Waals surface area contributed by atoms with Gasteiger partial charge in [-0.3, -0.25) is 14.5 Å². The van der Waals surface area contributed by atoms with Crippen LogP contribution in [-0.4, -0.2) is 91.0 Å². The van der Waals surface area contributed by atoms with E-state index in [-0.39, 0.29) is 30.0 Å². The maximum atomic E-state index is 13.5. The maximum absolute atomic E-state index is 13.5. The second kappa shape index (κ2) is 13.6. The molecule has 2 saturated heterocycles. The van der Waals surface area contributed by atoms with Crippen LogP contribution < -0.4 is 5.32 Å². The highest BCUT2D eigenvalue weighted by molar-refractivity contribution is 5.86. The van der Waals surface area contributed by atoms with Crippen molar-refractivity contribution >= 4 is 18.0 Å². The summed E-state index contributed by atoms with van der Waals surface area (Å²) in [4.78, 5) is 41.8. The van der Waals surface area contributed by atoms with E-state index in [9.17, 15) is 14.4 Å². The van der Waals surface area contributed by atoms with E-state index in [0.29, 0.717) is 26.2 Å². The van der Waals surface area contributed by atoms with E-state index < -0.39 is 17.7 Å². The number of amides is 2. The van der Waals surface area contributed by atoms with Crippen molar-refractivity contribution < 1.29 is 28.6 Å². The van der Waals surface area contributed by atoms with E-state index in [2.05, 4.69) is 10.2 Å². The SMILES string of the molecule is CCOC(=O)CN1CCC(OC2CCN(C(=O)[C@H](NC(=O)OC(C)(C)C)C3CCCCC3)CC2)CC1. The minimum atomic E-state index is -0.602. The first-order chi connectivity index (χ1) is 17.1. The average Bonchev–Trinajstić information content (AvgIpc) is 2.83. The lowest BCUT2D eigenvalue weighted by molar-refractivity contribution is -0.146. The standard InChI is InChI=1S/C27H47N3O6/c1-5-34-23(31)19-29-15-11-21(12-16-29)35-22-13-17-30(18-14-22)25(32)24(20-9-7-6-8-10-20)28-26(33)36-27(2,3)4/h20-22,24H,5-19H2,1-4H3,(H,28,33)/t24-/m1/s1. The summed E-state index contributed by atoms with van der Waals surface area (Å²) in [5, 5.41) is 2.92. The molecule has 0 aromatic heterocycles. The third-order valence-electron chi connectivity index (χ3n) is 7.39. The van der Waals surface area contributed by atoms with Gasteiger partial charge in [0.25, 0.3) is 0 Å². The number of carbonyl (C=O) groups is 3. The van der Waals surface area contributed by atoms with Crippen molar-refractivity contribution in [2.75, 3.05) is 39.3 Å². The summed E-state index contributed by atoms with van der Waals surface area (Å²) in [7, 11) is 0. The molecule has 0 aromatic carbocycles. The van der Waals surface area contributed by atoms with Crippen molar-refractivity contribution in [3.05, 3.63) is 0 Å². The van der Waals surface area contributed by atoms with Gasteiger partial charge in [0.2, 0.25) is 5.91 Å². The van der Waals surface area contributed by atoms with Gasteiger partial charge >= 0.3 is 12.1 Å². The Balaban J connectivity index is 1.46. The quantitative estimate of drug-likeness (QED) is 0.500. The number of alkyl carbamates (subject to hydrolysis) is 1. The van der Waals surface area contributed by atoms with Crippen LogP contribution >= 0.6 is 0 Å². The fraction of sp³-hybridized carbons (Fsp3) is 0.889. The van der Waals surface area contributed by atoms with Crippen molar-refractivity contribution in [1.29, 1.82) is 0 Å². The lowest BCUT2D eigenvalue weighted by atomic mass is 9.83. The summed E-state index contributed by atoms with van der Waals surface area (Å²) in [6, 6.07) is -0.527. The molecule has 1 atom stereocenters. The fourth-order valence-corrected chi connectivity index (χ4v) is 5.56. The van der Waals surface area contributed by atoms with Gasteiger partial charge in [0, 0.05) is 26.2 Å². The summed E-state index contributed by atoms with van der Waals surface area (Å²) in [5.74, 6) is 0.00705. The van der Waals surface area contributed by atoms with Gasteiger partial charge in [-0.1, -0.05) is 19.3 Å². The van der Waals surface area contributed by atoms with Crippen molar-refractivity contribution in [2.24, 2.45) is 5.92 Å². The van der Waals surface area contributed by atoms with E-state index in [0.717, 1.165) is 64.5 Å². The molecule has 1 saturated carbocycles. The molecule has 9 heteroatoms. The molecular formula is C27H47N3O6. The molecule has 206 valence electrons. The van der Waals surface area contributed by atoms with Gasteiger partial charge in [-0.2, -0.15) is 0 Å². The number of esters is 1. The zero-order valence-electron chi connectivity index (χ0n) is 22.8. The first-order valence-electron chi connectivity index (χ1n) is 14.0. The molecule has 3 aliphatic rings. The second-order valence-electron chi connectivity index (χ2n) is 11.5. The number of carbonyl (C=O) groups excluding carboxylic acids is 3. The molecule has 0 spiro atoms. The number of piperidine rings is 2. The Hall–Kier alpha value is -1.87. The number of nitrogens with one attached hydrogen (secondary N) is 1. The smallest absolute Gasteiger partial charge is 0.408 e. The zero-order chi connectivity index (χ0) is 26.1. The number of likely N-dealkylation sites (tertiary alicyclic amines) is 2. The van der Waals surface area contributed by atoms with Gasteiger partial charge in [0.1, 0.15) is 11.6 Å².